The first kappa shape index (κ1) is 14.9. The fourth-order valence-electron chi connectivity index (χ4n) is 2.24. The molecule has 0 spiro atoms. The van der Waals surface area contributed by atoms with Gasteiger partial charge in [-0.3, -0.25) is 0 Å². The topological polar surface area (TPSA) is 97.1 Å². The zero-order valence-electron chi connectivity index (χ0n) is 11.2. The second kappa shape index (κ2) is 5.34. The van der Waals surface area contributed by atoms with Crippen LogP contribution in [0.2, 0.25) is 0 Å². The summed E-state index contributed by atoms with van der Waals surface area (Å²) in [5.41, 5.74) is 0.239. The number of benzene rings is 1. The fraction of sp³-hybridized carbons (Fsp3) is 0.308. The summed E-state index contributed by atoms with van der Waals surface area (Å²) in [6.07, 6.45) is -1.22. The number of nitrogens with zero attached hydrogens (tertiary/aromatic N) is 1. The maximum atomic E-state index is 13.2. The Kier molecular flexibility index (Phi) is 3.63. The number of sulfonamides is 1. The average Bonchev–Trinajstić information content (AvgIpc) is 2.91. The predicted molar refractivity (Wildman–Crippen MR) is 72.3 cm³/mol. The molecule has 7 nitrogen and oxygen atoms in total. The molecular formula is C13H12FNO6S. The molecule has 0 aliphatic carbocycles. The minimum Gasteiger partial charge on any atom is -0.479 e. The summed E-state index contributed by atoms with van der Waals surface area (Å²) in [5, 5.41) is 8.90. The molecule has 0 saturated carbocycles. The lowest BCUT2D eigenvalue weighted by atomic mass is 10.2. The first-order valence-electron chi connectivity index (χ1n) is 6.41. The number of carbonyl (C=O) groups is 1. The van der Waals surface area contributed by atoms with Crippen LogP contribution in [0.5, 0.6) is 0 Å². The van der Waals surface area contributed by atoms with E-state index in [1.54, 1.807) is 0 Å². The van der Waals surface area contributed by atoms with Gasteiger partial charge in [0.25, 0.3) is 10.0 Å². The van der Waals surface area contributed by atoms with Crippen LogP contribution in [0.3, 0.4) is 0 Å². The molecule has 3 rings (SSSR count). The number of furan rings is 1. The third-order valence-corrected chi connectivity index (χ3v) is 5.08. The Morgan fingerprint density at radius 3 is 2.86 bits per heavy atom. The number of ether oxygens (including phenoxy) is 1. The van der Waals surface area contributed by atoms with Gasteiger partial charge in [0.1, 0.15) is 11.4 Å². The van der Waals surface area contributed by atoms with Crippen LogP contribution in [-0.2, 0) is 19.6 Å². The molecular weight excluding hydrogens is 317 g/mol. The zero-order valence-corrected chi connectivity index (χ0v) is 12.0. The van der Waals surface area contributed by atoms with E-state index in [0.29, 0.717) is 5.39 Å². The van der Waals surface area contributed by atoms with E-state index in [1.165, 1.54) is 12.1 Å². The van der Waals surface area contributed by atoms with Gasteiger partial charge in [-0.2, -0.15) is 4.31 Å². The summed E-state index contributed by atoms with van der Waals surface area (Å²) in [6.45, 7) is -0.300. The van der Waals surface area contributed by atoms with Crippen molar-refractivity contribution in [3.63, 3.8) is 0 Å². The smallest absolute Gasteiger partial charge is 0.334 e. The molecule has 1 aliphatic rings. The van der Waals surface area contributed by atoms with E-state index < -0.39 is 27.9 Å². The van der Waals surface area contributed by atoms with Crippen molar-refractivity contribution in [1.82, 2.24) is 4.31 Å². The Labute approximate surface area is 124 Å². The lowest BCUT2D eigenvalue weighted by molar-refractivity contribution is -0.153. The predicted octanol–water partition coefficient (Wildman–Crippen LogP) is 1.05. The van der Waals surface area contributed by atoms with Crippen molar-refractivity contribution >= 4 is 27.0 Å². The van der Waals surface area contributed by atoms with Crippen molar-refractivity contribution in [2.45, 2.75) is 11.2 Å². The molecule has 1 atom stereocenters. The van der Waals surface area contributed by atoms with E-state index in [0.717, 1.165) is 16.4 Å². The first-order valence-corrected chi connectivity index (χ1v) is 7.85. The molecule has 2 aromatic rings. The molecule has 1 aliphatic heterocycles. The molecule has 118 valence electrons. The fourth-order valence-corrected chi connectivity index (χ4v) is 3.61. The first-order chi connectivity index (χ1) is 10.4. The van der Waals surface area contributed by atoms with Crippen LogP contribution in [0.4, 0.5) is 4.39 Å². The van der Waals surface area contributed by atoms with Gasteiger partial charge < -0.3 is 14.3 Å². The Morgan fingerprint density at radius 2 is 2.14 bits per heavy atom. The van der Waals surface area contributed by atoms with E-state index in [-0.39, 0.29) is 30.4 Å². The van der Waals surface area contributed by atoms with Gasteiger partial charge in [-0.05, 0) is 18.2 Å². The van der Waals surface area contributed by atoms with Crippen LogP contribution in [0, 0.1) is 5.82 Å². The quantitative estimate of drug-likeness (QED) is 0.904. The van der Waals surface area contributed by atoms with E-state index in [2.05, 4.69) is 0 Å². The molecule has 0 radical (unpaired) electrons. The summed E-state index contributed by atoms with van der Waals surface area (Å²) in [4.78, 5) is 10.9. The van der Waals surface area contributed by atoms with Crippen molar-refractivity contribution in [3.8, 4) is 0 Å². The monoisotopic (exact) mass is 329 g/mol. The van der Waals surface area contributed by atoms with Crippen LogP contribution in [0.15, 0.2) is 33.8 Å². The highest BCUT2D eigenvalue weighted by atomic mass is 32.2. The molecule has 9 heteroatoms. The standard InChI is InChI=1S/C13H12FNO6S/c14-9-1-2-10-8(5-9)6-12(21-10)22(18,19)15-3-4-20-11(7-15)13(16)17/h1-2,5-6,11H,3-4,7H2,(H,16,17). The summed E-state index contributed by atoms with van der Waals surface area (Å²) < 4.78 is 49.4. The molecule has 0 amide bonds. The van der Waals surface area contributed by atoms with Crippen molar-refractivity contribution < 1.29 is 31.9 Å². The summed E-state index contributed by atoms with van der Waals surface area (Å²) in [5.74, 6) is -1.74. The molecule has 1 N–H and O–H groups in total. The molecule has 1 aromatic carbocycles. The largest absolute Gasteiger partial charge is 0.479 e. The van der Waals surface area contributed by atoms with Gasteiger partial charge in [-0.1, -0.05) is 0 Å². The van der Waals surface area contributed by atoms with Crippen LogP contribution >= 0.6 is 0 Å². The van der Waals surface area contributed by atoms with Crippen LogP contribution in [0.1, 0.15) is 0 Å². The highest BCUT2D eigenvalue weighted by Crippen LogP contribution is 2.26. The minimum absolute atomic E-state index is 0.0228. The summed E-state index contributed by atoms with van der Waals surface area (Å²) >= 11 is 0. The molecule has 1 fully saturated rings. The number of carboxylic acids is 1. The summed E-state index contributed by atoms with van der Waals surface area (Å²) in [6, 6.07) is 4.89. The second-order valence-corrected chi connectivity index (χ2v) is 6.68. The third kappa shape index (κ3) is 2.58. The minimum atomic E-state index is -4.00. The Morgan fingerprint density at radius 1 is 1.36 bits per heavy atom. The van der Waals surface area contributed by atoms with Crippen LogP contribution in [0.25, 0.3) is 11.0 Å². The van der Waals surface area contributed by atoms with E-state index >= 15 is 0 Å². The normalized spacial score (nSPS) is 20.3. The van der Waals surface area contributed by atoms with Gasteiger partial charge in [0, 0.05) is 18.0 Å². The highest BCUT2D eigenvalue weighted by molar-refractivity contribution is 7.89. The van der Waals surface area contributed by atoms with E-state index in [9.17, 15) is 17.6 Å². The zero-order chi connectivity index (χ0) is 15.9. The Hall–Kier alpha value is -1.97. The number of carboxylic acid groups (broad SMARTS) is 1. The SMILES string of the molecule is O=C(O)C1CN(S(=O)(=O)c2cc3cc(F)ccc3o2)CCO1. The molecule has 1 saturated heterocycles. The lowest BCUT2D eigenvalue weighted by Crippen LogP contribution is -2.48. The molecule has 0 bridgehead atoms. The number of rotatable bonds is 3. The van der Waals surface area contributed by atoms with Gasteiger partial charge in [-0.25, -0.2) is 17.6 Å². The highest BCUT2D eigenvalue weighted by Gasteiger charge is 2.35. The van der Waals surface area contributed by atoms with Gasteiger partial charge >= 0.3 is 5.97 Å². The third-order valence-electron chi connectivity index (χ3n) is 3.35. The maximum Gasteiger partial charge on any atom is 0.334 e. The van der Waals surface area contributed by atoms with E-state index in [4.69, 9.17) is 14.3 Å². The Bertz CT molecular complexity index is 830. The van der Waals surface area contributed by atoms with Gasteiger partial charge in [0.2, 0.25) is 5.09 Å². The number of hydrogen-bond acceptors (Lipinski definition) is 5. The average molecular weight is 329 g/mol. The van der Waals surface area contributed by atoms with Gasteiger partial charge in [0.05, 0.1) is 13.2 Å². The number of halogens is 1. The van der Waals surface area contributed by atoms with Gasteiger partial charge in [0.15, 0.2) is 6.10 Å². The van der Waals surface area contributed by atoms with Crippen molar-refractivity contribution in [1.29, 1.82) is 0 Å². The van der Waals surface area contributed by atoms with Crippen molar-refractivity contribution in [3.05, 3.63) is 30.1 Å². The number of aliphatic carboxylic acids is 1. The van der Waals surface area contributed by atoms with Crippen molar-refractivity contribution in [2.24, 2.45) is 0 Å². The van der Waals surface area contributed by atoms with Crippen molar-refractivity contribution in [2.75, 3.05) is 19.7 Å². The molecule has 2 heterocycles. The second-order valence-electron chi connectivity index (χ2n) is 4.81. The van der Waals surface area contributed by atoms with Crippen LogP contribution in [-0.4, -0.2) is 49.6 Å². The Balaban J connectivity index is 1.95. The van der Waals surface area contributed by atoms with E-state index in [1.807, 2.05) is 0 Å². The number of fused-ring (bicyclic) bond motifs is 1. The number of hydrogen-bond donors (Lipinski definition) is 1. The molecule has 22 heavy (non-hydrogen) atoms. The number of morpholine rings is 1. The summed E-state index contributed by atoms with van der Waals surface area (Å²) in [7, 11) is -4.00. The lowest BCUT2D eigenvalue weighted by Gasteiger charge is -2.29. The molecule has 1 aromatic heterocycles. The maximum absolute atomic E-state index is 13.2. The van der Waals surface area contributed by atoms with Gasteiger partial charge in [-0.15, -0.1) is 0 Å². The van der Waals surface area contributed by atoms with Crippen LogP contribution < -0.4 is 0 Å². The molecule has 1 unspecified atom stereocenters.